The lowest BCUT2D eigenvalue weighted by Crippen LogP contribution is -2.13. The van der Waals surface area contributed by atoms with Crippen LogP contribution in [0.1, 0.15) is 22.5 Å². The number of amides is 1. The van der Waals surface area contributed by atoms with Crippen molar-refractivity contribution in [1.29, 1.82) is 5.26 Å². The van der Waals surface area contributed by atoms with Crippen molar-refractivity contribution in [2.45, 2.75) is 20.8 Å². The van der Waals surface area contributed by atoms with E-state index in [0.29, 0.717) is 5.69 Å². The molecule has 7 nitrogen and oxygen atoms in total. The maximum atomic E-state index is 12.6. The van der Waals surface area contributed by atoms with E-state index in [1.165, 1.54) is 12.1 Å². The van der Waals surface area contributed by atoms with Gasteiger partial charge in [-0.05, 0) is 68.3 Å². The number of benzene rings is 2. The Morgan fingerprint density at radius 1 is 1.13 bits per heavy atom. The molecule has 0 spiro atoms. The predicted molar refractivity (Wildman–Crippen MR) is 115 cm³/mol. The zero-order valence-corrected chi connectivity index (χ0v) is 16.8. The highest BCUT2D eigenvalue weighted by molar-refractivity contribution is 6.09. The normalized spacial score (nSPS) is 11.1. The third kappa shape index (κ3) is 4.28. The van der Waals surface area contributed by atoms with Crippen LogP contribution in [0, 0.1) is 42.2 Å². The van der Waals surface area contributed by atoms with Gasteiger partial charge in [-0.2, -0.15) is 5.26 Å². The van der Waals surface area contributed by atoms with E-state index in [1.54, 1.807) is 24.3 Å². The van der Waals surface area contributed by atoms with Crippen LogP contribution in [0.3, 0.4) is 0 Å². The minimum Gasteiger partial charge on any atom is -0.321 e. The van der Waals surface area contributed by atoms with Crippen LogP contribution >= 0.6 is 0 Å². The minimum atomic E-state index is -0.483. The average molecular weight is 400 g/mol. The highest BCUT2D eigenvalue weighted by Crippen LogP contribution is 2.24. The number of nitrogens with zero attached hydrogens (tertiary/aromatic N) is 3. The minimum absolute atomic E-state index is 0.0135. The Morgan fingerprint density at radius 2 is 1.83 bits per heavy atom. The molecular formula is C23H20N4O3. The summed E-state index contributed by atoms with van der Waals surface area (Å²) in [5.41, 5.74) is 4.81. The number of nitriles is 1. The summed E-state index contributed by atoms with van der Waals surface area (Å²) in [6.45, 7) is 5.68. The summed E-state index contributed by atoms with van der Waals surface area (Å²) < 4.78 is 1.92. The molecule has 0 aliphatic heterocycles. The Bertz CT molecular complexity index is 1200. The second kappa shape index (κ2) is 8.45. The van der Waals surface area contributed by atoms with E-state index in [2.05, 4.69) is 5.32 Å². The second-order valence-electron chi connectivity index (χ2n) is 6.93. The first kappa shape index (κ1) is 20.6. The number of carbonyl (C=O) groups excluding carboxylic acids is 1. The van der Waals surface area contributed by atoms with Gasteiger partial charge in [-0.25, -0.2) is 0 Å². The Labute approximate surface area is 174 Å². The van der Waals surface area contributed by atoms with Gasteiger partial charge in [0.15, 0.2) is 0 Å². The molecule has 150 valence electrons. The molecule has 0 atom stereocenters. The number of hydrogen-bond acceptors (Lipinski definition) is 4. The van der Waals surface area contributed by atoms with E-state index in [4.69, 9.17) is 0 Å². The van der Waals surface area contributed by atoms with Crippen LogP contribution in [0.5, 0.6) is 0 Å². The van der Waals surface area contributed by atoms with Crippen molar-refractivity contribution in [3.63, 3.8) is 0 Å². The molecule has 3 rings (SSSR count). The van der Waals surface area contributed by atoms with Crippen LogP contribution in [0.2, 0.25) is 0 Å². The molecule has 0 unspecified atom stereocenters. The Hall–Kier alpha value is -4.18. The Kier molecular flexibility index (Phi) is 5.79. The van der Waals surface area contributed by atoms with Gasteiger partial charge < -0.3 is 9.88 Å². The molecule has 2 aromatic carbocycles. The fourth-order valence-electron chi connectivity index (χ4n) is 3.28. The van der Waals surface area contributed by atoms with Crippen molar-refractivity contribution in [3.8, 4) is 11.8 Å². The summed E-state index contributed by atoms with van der Waals surface area (Å²) in [6, 6.07) is 17.4. The molecule has 0 aliphatic rings. The van der Waals surface area contributed by atoms with Crippen LogP contribution in [0.4, 0.5) is 11.4 Å². The topological polar surface area (TPSA) is 101 Å². The summed E-state index contributed by atoms with van der Waals surface area (Å²) >= 11 is 0. The third-order valence-electron chi connectivity index (χ3n) is 4.73. The van der Waals surface area contributed by atoms with Crippen LogP contribution in [0.15, 0.2) is 60.2 Å². The van der Waals surface area contributed by atoms with Gasteiger partial charge in [-0.1, -0.05) is 12.1 Å². The van der Waals surface area contributed by atoms with Crippen LogP contribution in [0.25, 0.3) is 11.8 Å². The SMILES string of the molecule is Cc1cccc(NC(=O)C(C#N)=Cc2cc(C)n(-c3ccc([N+](=O)[O-])cc3)c2C)c1. The van der Waals surface area contributed by atoms with Crippen molar-refractivity contribution in [2.75, 3.05) is 5.32 Å². The van der Waals surface area contributed by atoms with E-state index in [1.807, 2.05) is 55.7 Å². The highest BCUT2D eigenvalue weighted by atomic mass is 16.6. The van der Waals surface area contributed by atoms with Gasteiger partial charge in [0, 0.05) is 34.9 Å². The summed E-state index contributed by atoms with van der Waals surface area (Å²) in [6.07, 6.45) is 1.55. The number of nitrogens with one attached hydrogen (secondary N) is 1. The number of nitro benzene ring substituents is 1. The second-order valence-corrected chi connectivity index (χ2v) is 6.93. The van der Waals surface area contributed by atoms with E-state index < -0.39 is 10.8 Å². The third-order valence-corrected chi connectivity index (χ3v) is 4.73. The first-order valence-electron chi connectivity index (χ1n) is 9.23. The molecule has 0 saturated heterocycles. The number of aromatic nitrogens is 1. The zero-order valence-electron chi connectivity index (χ0n) is 16.8. The smallest absolute Gasteiger partial charge is 0.269 e. The molecule has 0 bridgehead atoms. The molecule has 30 heavy (non-hydrogen) atoms. The van der Waals surface area contributed by atoms with Gasteiger partial charge in [0.2, 0.25) is 0 Å². The number of hydrogen-bond donors (Lipinski definition) is 1. The zero-order chi connectivity index (χ0) is 21.8. The van der Waals surface area contributed by atoms with Crippen molar-refractivity contribution < 1.29 is 9.72 Å². The van der Waals surface area contributed by atoms with Crippen molar-refractivity contribution in [2.24, 2.45) is 0 Å². The summed E-state index contributed by atoms with van der Waals surface area (Å²) in [5.74, 6) is -0.483. The fourth-order valence-corrected chi connectivity index (χ4v) is 3.28. The first-order valence-corrected chi connectivity index (χ1v) is 9.23. The van der Waals surface area contributed by atoms with E-state index >= 15 is 0 Å². The molecule has 0 radical (unpaired) electrons. The number of carbonyl (C=O) groups is 1. The molecule has 1 N–H and O–H groups in total. The molecule has 7 heteroatoms. The highest BCUT2D eigenvalue weighted by Gasteiger charge is 2.15. The van der Waals surface area contributed by atoms with E-state index in [0.717, 1.165) is 28.2 Å². The maximum Gasteiger partial charge on any atom is 0.269 e. The largest absolute Gasteiger partial charge is 0.321 e. The Balaban J connectivity index is 1.92. The number of non-ortho nitro benzene ring substituents is 1. The first-order chi connectivity index (χ1) is 14.3. The van der Waals surface area contributed by atoms with Crippen LogP contribution < -0.4 is 5.32 Å². The van der Waals surface area contributed by atoms with Gasteiger partial charge in [0.25, 0.3) is 11.6 Å². The molecule has 0 saturated carbocycles. The van der Waals surface area contributed by atoms with Crippen LogP contribution in [-0.2, 0) is 4.79 Å². The Morgan fingerprint density at radius 3 is 2.43 bits per heavy atom. The lowest BCUT2D eigenvalue weighted by molar-refractivity contribution is -0.384. The maximum absolute atomic E-state index is 12.6. The van der Waals surface area contributed by atoms with Gasteiger partial charge in [0.05, 0.1) is 4.92 Å². The lowest BCUT2D eigenvalue weighted by atomic mass is 10.1. The monoisotopic (exact) mass is 400 g/mol. The standard InChI is InChI=1S/C23H20N4O3/c1-15-5-4-6-20(11-15)25-23(28)19(14-24)13-18-12-16(2)26(17(18)3)21-7-9-22(10-8-21)27(29)30/h4-13H,1-3H3,(H,25,28). The fraction of sp³-hybridized carbons (Fsp3) is 0.130. The molecule has 1 amide bonds. The molecule has 1 heterocycles. The van der Waals surface area contributed by atoms with E-state index in [9.17, 15) is 20.2 Å². The lowest BCUT2D eigenvalue weighted by Gasteiger charge is -2.09. The van der Waals surface area contributed by atoms with Gasteiger partial charge >= 0.3 is 0 Å². The van der Waals surface area contributed by atoms with Gasteiger partial charge in [-0.15, -0.1) is 0 Å². The van der Waals surface area contributed by atoms with Gasteiger partial charge in [-0.3, -0.25) is 14.9 Å². The number of aryl methyl sites for hydroxylation is 2. The van der Waals surface area contributed by atoms with Crippen molar-refractivity contribution >= 4 is 23.4 Å². The van der Waals surface area contributed by atoms with Gasteiger partial charge in [0.1, 0.15) is 11.6 Å². The predicted octanol–water partition coefficient (Wildman–Crippen LogP) is 4.86. The quantitative estimate of drug-likeness (QED) is 0.286. The molecular weight excluding hydrogens is 380 g/mol. The summed E-state index contributed by atoms with van der Waals surface area (Å²) in [4.78, 5) is 23.0. The number of nitro groups is 1. The van der Waals surface area contributed by atoms with Crippen molar-refractivity contribution in [3.05, 3.63) is 92.8 Å². The molecule has 0 fully saturated rings. The number of rotatable bonds is 5. The van der Waals surface area contributed by atoms with E-state index in [-0.39, 0.29) is 11.3 Å². The summed E-state index contributed by atoms with van der Waals surface area (Å²) in [7, 11) is 0. The summed E-state index contributed by atoms with van der Waals surface area (Å²) in [5, 5.41) is 23.1. The van der Waals surface area contributed by atoms with Crippen molar-refractivity contribution in [1.82, 2.24) is 4.57 Å². The van der Waals surface area contributed by atoms with Crippen LogP contribution in [-0.4, -0.2) is 15.4 Å². The average Bonchev–Trinajstić information content (AvgIpc) is 2.99. The molecule has 1 aromatic heterocycles. The molecule has 3 aromatic rings. The molecule has 0 aliphatic carbocycles. The number of anilines is 1.